The highest BCUT2D eigenvalue weighted by Crippen LogP contribution is 2.19. The molecule has 0 unspecified atom stereocenters. The molecule has 0 bridgehead atoms. The molecule has 0 amide bonds. The van der Waals surface area contributed by atoms with E-state index in [9.17, 15) is 4.39 Å². The molecule has 1 aromatic rings. The number of aryl methyl sites for hydroxylation is 1. The van der Waals surface area contributed by atoms with Gasteiger partial charge in [0.1, 0.15) is 5.82 Å². The van der Waals surface area contributed by atoms with Crippen LogP contribution in [0.4, 0.5) is 4.39 Å². The van der Waals surface area contributed by atoms with Crippen molar-refractivity contribution in [1.82, 2.24) is 5.32 Å². The lowest BCUT2D eigenvalue weighted by Crippen LogP contribution is -2.30. The minimum atomic E-state index is -0.170. The van der Waals surface area contributed by atoms with Crippen molar-refractivity contribution in [3.05, 3.63) is 35.1 Å². The first-order valence-corrected chi connectivity index (χ1v) is 6.39. The van der Waals surface area contributed by atoms with E-state index < -0.39 is 0 Å². The highest BCUT2D eigenvalue weighted by molar-refractivity contribution is 5.26. The molecule has 0 aromatic heterocycles. The van der Waals surface area contributed by atoms with Crippen LogP contribution >= 0.6 is 0 Å². The van der Waals surface area contributed by atoms with Gasteiger partial charge in [-0.15, -0.1) is 0 Å². The van der Waals surface area contributed by atoms with Gasteiger partial charge >= 0.3 is 0 Å². The Bertz CT molecular complexity index is 377. The van der Waals surface area contributed by atoms with E-state index >= 15 is 0 Å². The zero-order valence-electron chi connectivity index (χ0n) is 11.8. The zero-order valence-corrected chi connectivity index (χ0v) is 11.8. The van der Waals surface area contributed by atoms with E-state index in [0.717, 1.165) is 30.7 Å². The molecule has 2 nitrogen and oxygen atoms in total. The molecule has 0 fully saturated rings. The van der Waals surface area contributed by atoms with Gasteiger partial charge < -0.3 is 10.1 Å². The largest absolute Gasteiger partial charge is 0.385 e. The van der Waals surface area contributed by atoms with Crippen LogP contribution in [-0.4, -0.2) is 20.3 Å². The summed E-state index contributed by atoms with van der Waals surface area (Å²) >= 11 is 0. The third-order valence-electron chi connectivity index (χ3n) is 3.21. The predicted octanol–water partition coefficient (Wildman–Crippen LogP) is 3.29. The van der Waals surface area contributed by atoms with Crippen molar-refractivity contribution in [1.29, 1.82) is 0 Å². The molecule has 3 heteroatoms. The summed E-state index contributed by atoms with van der Waals surface area (Å²) in [7, 11) is 1.72. The first kappa shape index (κ1) is 15.1. The number of benzene rings is 1. The third kappa shape index (κ3) is 5.15. The summed E-state index contributed by atoms with van der Waals surface area (Å²) in [6.07, 6.45) is 1.01. The van der Waals surface area contributed by atoms with Gasteiger partial charge in [0.25, 0.3) is 0 Å². The molecule has 0 aliphatic heterocycles. The van der Waals surface area contributed by atoms with E-state index in [-0.39, 0.29) is 11.2 Å². The highest BCUT2D eigenvalue weighted by Gasteiger charge is 2.16. The first-order valence-electron chi connectivity index (χ1n) is 6.39. The smallest absolute Gasteiger partial charge is 0.123 e. The van der Waals surface area contributed by atoms with Crippen LogP contribution in [0.2, 0.25) is 0 Å². The lowest BCUT2D eigenvalue weighted by atomic mass is 9.89. The fraction of sp³-hybridized carbons (Fsp3) is 0.600. The Morgan fingerprint density at radius 2 is 2.06 bits per heavy atom. The number of hydrogen-bond donors (Lipinski definition) is 1. The Morgan fingerprint density at radius 3 is 2.72 bits per heavy atom. The van der Waals surface area contributed by atoms with Gasteiger partial charge in [-0.2, -0.15) is 0 Å². The fourth-order valence-corrected chi connectivity index (χ4v) is 1.83. The standard InChI is InChI=1S/C15H24FNO/c1-12-5-6-14(16)9-13(12)10-17-11-15(2,3)7-8-18-4/h5-6,9,17H,7-8,10-11H2,1-4H3. The summed E-state index contributed by atoms with van der Waals surface area (Å²) in [5, 5.41) is 3.40. The number of hydrogen-bond acceptors (Lipinski definition) is 2. The van der Waals surface area contributed by atoms with Crippen molar-refractivity contribution >= 4 is 0 Å². The molecule has 0 aliphatic carbocycles. The molecular formula is C15H24FNO. The van der Waals surface area contributed by atoms with Crippen LogP contribution in [0.1, 0.15) is 31.4 Å². The normalized spacial score (nSPS) is 11.8. The second-order valence-corrected chi connectivity index (χ2v) is 5.58. The number of methoxy groups -OCH3 is 1. The first-order chi connectivity index (χ1) is 8.44. The molecular weight excluding hydrogens is 229 g/mol. The summed E-state index contributed by atoms with van der Waals surface area (Å²) in [4.78, 5) is 0. The van der Waals surface area contributed by atoms with Crippen LogP contribution in [0.15, 0.2) is 18.2 Å². The van der Waals surface area contributed by atoms with E-state index in [1.807, 2.05) is 13.0 Å². The van der Waals surface area contributed by atoms with Crippen LogP contribution in [0, 0.1) is 18.2 Å². The molecule has 0 aliphatic rings. The van der Waals surface area contributed by atoms with Gasteiger partial charge in [0.15, 0.2) is 0 Å². The minimum Gasteiger partial charge on any atom is -0.385 e. The molecule has 1 aromatic carbocycles. The Morgan fingerprint density at radius 1 is 1.33 bits per heavy atom. The molecule has 0 atom stereocenters. The van der Waals surface area contributed by atoms with Gasteiger partial charge in [0, 0.05) is 26.8 Å². The third-order valence-corrected chi connectivity index (χ3v) is 3.21. The van der Waals surface area contributed by atoms with Crippen LogP contribution in [0.25, 0.3) is 0 Å². The Labute approximate surface area is 110 Å². The maximum absolute atomic E-state index is 13.1. The van der Waals surface area contributed by atoms with Crippen molar-refractivity contribution in [2.24, 2.45) is 5.41 Å². The topological polar surface area (TPSA) is 21.3 Å². The van der Waals surface area contributed by atoms with Gasteiger partial charge in [-0.25, -0.2) is 4.39 Å². The quantitative estimate of drug-likeness (QED) is 0.805. The number of ether oxygens (including phenoxy) is 1. The lowest BCUT2D eigenvalue weighted by Gasteiger charge is -2.24. The predicted molar refractivity (Wildman–Crippen MR) is 73.1 cm³/mol. The molecule has 1 rings (SSSR count). The lowest BCUT2D eigenvalue weighted by molar-refractivity contribution is 0.150. The molecule has 0 spiro atoms. The zero-order chi connectivity index (χ0) is 13.6. The molecule has 102 valence electrons. The van der Waals surface area contributed by atoms with Crippen molar-refractivity contribution in [2.75, 3.05) is 20.3 Å². The van der Waals surface area contributed by atoms with Crippen LogP contribution in [-0.2, 0) is 11.3 Å². The Kier molecular flexibility index (Phi) is 5.76. The van der Waals surface area contributed by atoms with Gasteiger partial charge in [0.05, 0.1) is 0 Å². The van der Waals surface area contributed by atoms with Gasteiger partial charge in [0.2, 0.25) is 0 Å². The van der Waals surface area contributed by atoms with Crippen molar-refractivity contribution < 1.29 is 9.13 Å². The second-order valence-electron chi connectivity index (χ2n) is 5.58. The Balaban J connectivity index is 2.43. The number of halogens is 1. The summed E-state index contributed by atoms with van der Waals surface area (Å²) < 4.78 is 18.2. The van der Waals surface area contributed by atoms with Gasteiger partial charge in [-0.05, 0) is 42.0 Å². The van der Waals surface area contributed by atoms with Gasteiger partial charge in [-0.1, -0.05) is 19.9 Å². The van der Waals surface area contributed by atoms with E-state index in [2.05, 4.69) is 19.2 Å². The van der Waals surface area contributed by atoms with Crippen molar-refractivity contribution in [3.8, 4) is 0 Å². The molecule has 0 radical (unpaired) electrons. The van der Waals surface area contributed by atoms with E-state index in [1.54, 1.807) is 13.2 Å². The maximum atomic E-state index is 13.1. The molecule has 18 heavy (non-hydrogen) atoms. The van der Waals surface area contributed by atoms with Crippen LogP contribution in [0.3, 0.4) is 0 Å². The van der Waals surface area contributed by atoms with Crippen molar-refractivity contribution in [2.45, 2.75) is 33.7 Å². The SMILES string of the molecule is COCCC(C)(C)CNCc1cc(F)ccc1C. The second kappa shape index (κ2) is 6.86. The Hall–Kier alpha value is -0.930. The molecule has 0 heterocycles. The summed E-state index contributed by atoms with van der Waals surface area (Å²) in [6, 6.07) is 4.92. The highest BCUT2D eigenvalue weighted by atomic mass is 19.1. The fourth-order valence-electron chi connectivity index (χ4n) is 1.83. The van der Waals surface area contributed by atoms with Crippen molar-refractivity contribution in [3.63, 3.8) is 0 Å². The van der Waals surface area contributed by atoms with E-state index in [0.29, 0.717) is 6.54 Å². The molecule has 0 saturated carbocycles. The molecule has 1 N–H and O–H groups in total. The van der Waals surface area contributed by atoms with Crippen LogP contribution < -0.4 is 5.32 Å². The summed E-state index contributed by atoms with van der Waals surface area (Å²) in [5.74, 6) is -0.170. The average Bonchev–Trinajstić information content (AvgIpc) is 2.31. The maximum Gasteiger partial charge on any atom is 0.123 e. The van der Waals surface area contributed by atoms with Crippen LogP contribution in [0.5, 0.6) is 0 Å². The van der Waals surface area contributed by atoms with Gasteiger partial charge in [-0.3, -0.25) is 0 Å². The average molecular weight is 253 g/mol. The number of rotatable bonds is 7. The van der Waals surface area contributed by atoms with E-state index in [1.165, 1.54) is 6.07 Å². The van der Waals surface area contributed by atoms with E-state index in [4.69, 9.17) is 4.74 Å². The molecule has 0 saturated heterocycles. The monoisotopic (exact) mass is 253 g/mol. The summed E-state index contributed by atoms with van der Waals surface area (Å²) in [6.45, 7) is 8.79. The minimum absolute atomic E-state index is 0.170. The number of nitrogens with one attached hydrogen (secondary N) is 1. The summed E-state index contributed by atoms with van der Waals surface area (Å²) in [5.41, 5.74) is 2.34.